The van der Waals surface area contributed by atoms with Gasteiger partial charge in [-0.1, -0.05) is 42.8 Å². The molecule has 0 spiro atoms. The molecule has 1 atom stereocenters. The third-order valence-electron chi connectivity index (χ3n) is 3.37. The van der Waals surface area contributed by atoms with E-state index in [9.17, 15) is 4.79 Å². The average molecular weight is 328 g/mol. The fourth-order valence-corrected chi connectivity index (χ4v) is 2.47. The molecule has 19 heavy (non-hydrogen) atoms. The minimum atomic E-state index is -0.760. The molecule has 4 heteroatoms. The van der Waals surface area contributed by atoms with Crippen LogP contribution in [0.1, 0.15) is 31.9 Å². The molecule has 106 valence electrons. The van der Waals surface area contributed by atoms with E-state index >= 15 is 0 Å². The molecule has 1 rings (SSSR count). The lowest BCUT2D eigenvalue weighted by atomic mass is 9.82. The van der Waals surface area contributed by atoms with Crippen LogP contribution >= 0.6 is 15.9 Å². The molecule has 0 aromatic heterocycles. The highest BCUT2D eigenvalue weighted by molar-refractivity contribution is 9.10. The van der Waals surface area contributed by atoms with E-state index in [2.05, 4.69) is 54.2 Å². The van der Waals surface area contributed by atoms with Crippen molar-refractivity contribution in [2.45, 2.75) is 33.1 Å². The molecule has 0 amide bonds. The molecule has 0 aliphatic rings. The van der Waals surface area contributed by atoms with Gasteiger partial charge in [-0.3, -0.25) is 4.79 Å². The smallest absolute Gasteiger partial charge is 0.307 e. The second kappa shape index (κ2) is 6.53. The van der Waals surface area contributed by atoms with Gasteiger partial charge in [-0.25, -0.2) is 0 Å². The van der Waals surface area contributed by atoms with Crippen LogP contribution < -0.4 is 5.32 Å². The number of benzene rings is 1. The number of hydrogen-bond acceptors (Lipinski definition) is 2. The van der Waals surface area contributed by atoms with Gasteiger partial charge in [0.25, 0.3) is 0 Å². The number of aliphatic carboxylic acids is 1. The van der Waals surface area contributed by atoms with Crippen molar-refractivity contribution in [2.24, 2.45) is 5.92 Å². The van der Waals surface area contributed by atoms with E-state index in [0.717, 1.165) is 11.0 Å². The summed E-state index contributed by atoms with van der Waals surface area (Å²) in [5.41, 5.74) is 2.49. The predicted molar refractivity (Wildman–Crippen MR) is 81.6 cm³/mol. The monoisotopic (exact) mass is 327 g/mol. The highest BCUT2D eigenvalue weighted by Crippen LogP contribution is 2.28. The second-order valence-electron chi connectivity index (χ2n) is 5.71. The van der Waals surface area contributed by atoms with Crippen LogP contribution in [0.15, 0.2) is 22.7 Å². The van der Waals surface area contributed by atoms with Gasteiger partial charge in [0.15, 0.2) is 0 Å². The highest BCUT2D eigenvalue weighted by Gasteiger charge is 2.23. The SMILES string of the molecule is Cc1ccc(Br)cc1C(C)(C)CNCC(C)C(=O)O. The van der Waals surface area contributed by atoms with E-state index in [-0.39, 0.29) is 11.3 Å². The summed E-state index contributed by atoms with van der Waals surface area (Å²) in [7, 11) is 0. The molecule has 0 fully saturated rings. The molecule has 0 aliphatic heterocycles. The van der Waals surface area contributed by atoms with Gasteiger partial charge in [-0.2, -0.15) is 0 Å². The molecule has 1 unspecified atom stereocenters. The van der Waals surface area contributed by atoms with Crippen LogP contribution in [0.3, 0.4) is 0 Å². The Morgan fingerprint density at radius 2 is 2.11 bits per heavy atom. The van der Waals surface area contributed by atoms with E-state index < -0.39 is 5.97 Å². The number of aryl methyl sites for hydroxylation is 1. The van der Waals surface area contributed by atoms with Gasteiger partial charge in [0.2, 0.25) is 0 Å². The fourth-order valence-electron chi connectivity index (χ4n) is 2.11. The number of carboxylic acid groups (broad SMARTS) is 1. The summed E-state index contributed by atoms with van der Waals surface area (Å²) in [6.45, 7) is 9.39. The number of rotatable bonds is 6. The first-order valence-corrected chi connectivity index (χ1v) is 7.23. The molecular weight excluding hydrogens is 306 g/mol. The Balaban J connectivity index is 2.70. The highest BCUT2D eigenvalue weighted by atomic mass is 79.9. The van der Waals surface area contributed by atoms with Crippen molar-refractivity contribution in [3.8, 4) is 0 Å². The Morgan fingerprint density at radius 3 is 2.68 bits per heavy atom. The Bertz CT molecular complexity index is 457. The van der Waals surface area contributed by atoms with Crippen molar-refractivity contribution in [1.82, 2.24) is 5.32 Å². The van der Waals surface area contributed by atoms with E-state index in [1.54, 1.807) is 6.92 Å². The predicted octanol–water partition coefficient (Wildman–Crippen LogP) is 3.35. The second-order valence-corrected chi connectivity index (χ2v) is 6.63. The van der Waals surface area contributed by atoms with Crippen LogP contribution in [-0.4, -0.2) is 24.2 Å². The van der Waals surface area contributed by atoms with Crippen molar-refractivity contribution in [1.29, 1.82) is 0 Å². The summed E-state index contributed by atoms with van der Waals surface area (Å²) in [6.07, 6.45) is 0. The van der Waals surface area contributed by atoms with Crippen LogP contribution in [0.5, 0.6) is 0 Å². The molecule has 1 aromatic carbocycles. The lowest BCUT2D eigenvalue weighted by molar-refractivity contribution is -0.140. The van der Waals surface area contributed by atoms with Crippen LogP contribution in [0, 0.1) is 12.8 Å². The van der Waals surface area contributed by atoms with Gasteiger partial charge < -0.3 is 10.4 Å². The fraction of sp³-hybridized carbons (Fsp3) is 0.533. The zero-order chi connectivity index (χ0) is 14.6. The molecule has 0 heterocycles. The Kier molecular flexibility index (Phi) is 5.56. The van der Waals surface area contributed by atoms with Crippen molar-refractivity contribution in [3.63, 3.8) is 0 Å². The third-order valence-corrected chi connectivity index (χ3v) is 3.86. The van der Waals surface area contributed by atoms with Gasteiger partial charge in [0.05, 0.1) is 5.92 Å². The van der Waals surface area contributed by atoms with E-state index in [1.807, 2.05) is 6.07 Å². The summed E-state index contributed by atoms with van der Waals surface area (Å²) in [4.78, 5) is 10.8. The quantitative estimate of drug-likeness (QED) is 0.842. The lowest BCUT2D eigenvalue weighted by Gasteiger charge is -2.28. The molecule has 0 saturated heterocycles. The maximum absolute atomic E-state index is 10.8. The molecule has 1 aromatic rings. The van der Waals surface area contributed by atoms with Crippen molar-refractivity contribution in [3.05, 3.63) is 33.8 Å². The normalized spacial score (nSPS) is 13.3. The summed E-state index contributed by atoms with van der Waals surface area (Å²) in [5, 5.41) is 12.1. The van der Waals surface area contributed by atoms with Crippen molar-refractivity contribution in [2.75, 3.05) is 13.1 Å². The van der Waals surface area contributed by atoms with Crippen LogP contribution in [0.25, 0.3) is 0 Å². The van der Waals surface area contributed by atoms with Crippen molar-refractivity contribution < 1.29 is 9.90 Å². The Labute approximate surface area is 123 Å². The molecular formula is C15H22BrNO2. The number of halogens is 1. The standard InChI is InChI=1S/C15H22BrNO2/c1-10-5-6-12(16)7-13(10)15(3,4)9-17-8-11(2)14(18)19/h5-7,11,17H,8-9H2,1-4H3,(H,18,19). The van der Waals surface area contributed by atoms with Crippen molar-refractivity contribution >= 4 is 21.9 Å². The Hall–Kier alpha value is -0.870. The van der Waals surface area contributed by atoms with Gasteiger partial charge in [-0.15, -0.1) is 0 Å². The van der Waals surface area contributed by atoms with Gasteiger partial charge in [-0.05, 0) is 30.2 Å². The summed E-state index contributed by atoms with van der Waals surface area (Å²) in [6, 6.07) is 6.27. The van der Waals surface area contributed by atoms with E-state index in [1.165, 1.54) is 11.1 Å². The minimum absolute atomic E-state index is 0.0356. The molecule has 0 aliphatic carbocycles. The molecule has 2 N–H and O–H groups in total. The number of carbonyl (C=O) groups is 1. The van der Waals surface area contributed by atoms with Gasteiger partial charge in [0, 0.05) is 23.0 Å². The minimum Gasteiger partial charge on any atom is -0.481 e. The first-order valence-electron chi connectivity index (χ1n) is 6.44. The number of hydrogen-bond donors (Lipinski definition) is 2. The van der Waals surface area contributed by atoms with Gasteiger partial charge in [0.1, 0.15) is 0 Å². The summed E-state index contributed by atoms with van der Waals surface area (Å²) >= 11 is 3.50. The maximum atomic E-state index is 10.8. The van der Waals surface area contributed by atoms with E-state index in [4.69, 9.17) is 5.11 Å². The van der Waals surface area contributed by atoms with Crippen LogP contribution in [0.4, 0.5) is 0 Å². The summed E-state index contributed by atoms with van der Waals surface area (Å²) < 4.78 is 1.07. The molecule has 3 nitrogen and oxygen atoms in total. The largest absolute Gasteiger partial charge is 0.481 e. The molecule has 0 saturated carbocycles. The lowest BCUT2D eigenvalue weighted by Crippen LogP contribution is -2.37. The molecule has 0 bridgehead atoms. The first kappa shape index (κ1) is 16.2. The first-order chi connectivity index (χ1) is 8.74. The van der Waals surface area contributed by atoms with Crippen LogP contribution in [0.2, 0.25) is 0 Å². The molecule has 0 radical (unpaired) electrons. The summed E-state index contributed by atoms with van der Waals surface area (Å²) in [5.74, 6) is -1.12. The number of carboxylic acids is 1. The van der Waals surface area contributed by atoms with Crippen LogP contribution in [-0.2, 0) is 10.2 Å². The zero-order valence-corrected chi connectivity index (χ0v) is 13.5. The average Bonchev–Trinajstić information content (AvgIpc) is 2.31. The number of nitrogens with one attached hydrogen (secondary N) is 1. The third kappa shape index (κ3) is 4.62. The maximum Gasteiger partial charge on any atom is 0.307 e. The Morgan fingerprint density at radius 1 is 1.47 bits per heavy atom. The topological polar surface area (TPSA) is 49.3 Å². The zero-order valence-electron chi connectivity index (χ0n) is 12.0. The van der Waals surface area contributed by atoms with E-state index in [0.29, 0.717) is 6.54 Å². The van der Waals surface area contributed by atoms with Gasteiger partial charge >= 0.3 is 5.97 Å².